The van der Waals surface area contributed by atoms with Gasteiger partial charge in [-0.15, -0.1) is 0 Å². The maximum absolute atomic E-state index is 11.6. The van der Waals surface area contributed by atoms with Crippen LogP contribution in [-0.2, 0) is 9.53 Å². The average molecular weight is 213 g/mol. The smallest absolute Gasteiger partial charge is 0.306 e. The second-order valence-electron chi connectivity index (χ2n) is 4.84. The molecule has 1 rings (SSSR count). The Balaban J connectivity index is 2.22. The highest BCUT2D eigenvalue weighted by Crippen LogP contribution is 2.17. The van der Waals surface area contributed by atoms with E-state index in [9.17, 15) is 4.79 Å². The van der Waals surface area contributed by atoms with E-state index in [1.54, 1.807) is 0 Å². The number of carbonyl (C=O) groups is 1. The third-order valence-electron chi connectivity index (χ3n) is 3.17. The molecule has 0 aromatic carbocycles. The van der Waals surface area contributed by atoms with Crippen molar-refractivity contribution < 1.29 is 9.53 Å². The molecule has 1 atom stereocenters. The first-order valence-corrected chi connectivity index (χ1v) is 5.99. The quantitative estimate of drug-likeness (QED) is 0.726. The Labute approximate surface area is 92.6 Å². The van der Waals surface area contributed by atoms with Crippen LogP contribution < -0.4 is 5.32 Å². The Hall–Kier alpha value is -0.570. The molecule has 88 valence electrons. The van der Waals surface area contributed by atoms with Crippen LogP contribution in [0.3, 0.4) is 0 Å². The van der Waals surface area contributed by atoms with E-state index in [-0.39, 0.29) is 12.1 Å². The topological polar surface area (TPSA) is 38.3 Å². The van der Waals surface area contributed by atoms with Crippen LogP contribution in [0.25, 0.3) is 0 Å². The minimum atomic E-state index is -0.0249. The van der Waals surface area contributed by atoms with Crippen LogP contribution in [0.5, 0.6) is 0 Å². The minimum Gasteiger partial charge on any atom is -0.462 e. The van der Waals surface area contributed by atoms with Gasteiger partial charge in [0.2, 0.25) is 0 Å². The highest BCUT2D eigenvalue weighted by Gasteiger charge is 2.19. The molecular formula is C12H23NO2. The first kappa shape index (κ1) is 12.5. The summed E-state index contributed by atoms with van der Waals surface area (Å²) in [5.41, 5.74) is 0. The van der Waals surface area contributed by atoms with E-state index >= 15 is 0 Å². The van der Waals surface area contributed by atoms with Gasteiger partial charge in [-0.2, -0.15) is 0 Å². The van der Waals surface area contributed by atoms with Crippen LogP contribution in [0.1, 0.15) is 40.0 Å². The van der Waals surface area contributed by atoms with Gasteiger partial charge in [0.25, 0.3) is 0 Å². The highest BCUT2D eigenvalue weighted by molar-refractivity contribution is 5.69. The SMILES string of the molecule is CC(C)C(C)OC(=O)CC1CCNCC1. The molecule has 3 nitrogen and oxygen atoms in total. The normalized spacial score (nSPS) is 20.3. The van der Waals surface area contributed by atoms with Crippen molar-refractivity contribution >= 4 is 5.97 Å². The lowest BCUT2D eigenvalue weighted by atomic mass is 9.95. The van der Waals surface area contributed by atoms with E-state index in [0.29, 0.717) is 18.3 Å². The molecule has 3 heteroatoms. The lowest BCUT2D eigenvalue weighted by Crippen LogP contribution is -2.30. The van der Waals surface area contributed by atoms with Gasteiger partial charge in [-0.3, -0.25) is 4.79 Å². The molecular weight excluding hydrogens is 190 g/mol. The Morgan fingerprint density at radius 3 is 2.47 bits per heavy atom. The molecule has 0 amide bonds. The summed E-state index contributed by atoms with van der Waals surface area (Å²) < 4.78 is 5.36. The molecule has 1 heterocycles. The molecule has 1 N–H and O–H groups in total. The predicted octanol–water partition coefficient (Wildman–Crippen LogP) is 1.96. The summed E-state index contributed by atoms with van der Waals surface area (Å²) in [5, 5.41) is 3.29. The second kappa shape index (κ2) is 6.11. The van der Waals surface area contributed by atoms with E-state index in [4.69, 9.17) is 4.74 Å². The van der Waals surface area contributed by atoms with Crippen molar-refractivity contribution in [2.45, 2.75) is 46.1 Å². The number of esters is 1. The van der Waals surface area contributed by atoms with E-state index in [2.05, 4.69) is 19.2 Å². The summed E-state index contributed by atoms with van der Waals surface area (Å²) in [6.07, 6.45) is 2.84. The van der Waals surface area contributed by atoms with E-state index in [0.717, 1.165) is 25.9 Å². The monoisotopic (exact) mass is 213 g/mol. The van der Waals surface area contributed by atoms with Crippen molar-refractivity contribution in [2.75, 3.05) is 13.1 Å². The van der Waals surface area contributed by atoms with Crippen molar-refractivity contribution in [2.24, 2.45) is 11.8 Å². The number of hydrogen-bond donors (Lipinski definition) is 1. The number of hydrogen-bond acceptors (Lipinski definition) is 3. The molecule has 0 aliphatic carbocycles. The first-order chi connectivity index (χ1) is 7.09. The minimum absolute atomic E-state index is 0.0249. The second-order valence-corrected chi connectivity index (χ2v) is 4.84. The summed E-state index contributed by atoms with van der Waals surface area (Å²) in [7, 11) is 0. The molecule has 0 spiro atoms. The Kier molecular flexibility index (Phi) is 5.09. The van der Waals surface area contributed by atoms with Gasteiger partial charge in [0, 0.05) is 6.42 Å². The number of ether oxygens (including phenoxy) is 1. The van der Waals surface area contributed by atoms with Crippen molar-refractivity contribution in [3.05, 3.63) is 0 Å². The molecule has 1 aliphatic rings. The van der Waals surface area contributed by atoms with Crippen LogP contribution >= 0.6 is 0 Å². The van der Waals surface area contributed by atoms with Crippen molar-refractivity contribution in [3.63, 3.8) is 0 Å². The van der Waals surface area contributed by atoms with Crippen LogP contribution in [0.2, 0.25) is 0 Å². The fourth-order valence-electron chi connectivity index (χ4n) is 1.71. The van der Waals surface area contributed by atoms with Crippen molar-refractivity contribution in [1.82, 2.24) is 5.32 Å². The molecule has 1 unspecified atom stereocenters. The van der Waals surface area contributed by atoms with Crippen molar-refractivity contribution in [3.8, 4) is 0 Å². The summed E-state index contributed by atoms with van der Waals surface area (Å²) in [6, 6.07) is 0. The standard InChI is InChI=1S/C12H23NO2/c1-9(2)10(3)15-12(14)8-11-4-6-13-7-5-11/h9-11,13H,4-8H2,1-3H3. The van der Waals surface area contributed by atoms with Gasteiger partial charge >= 0.3 is 5.97 Å². The Morgan fingerprint density at radius 2 is 1.93 bits per heavy atom. The lowest BCUT2D eigenvalue weighted by molar-refractivity contribution is -0.151. The largest absolute Gasteiger partial charge is 0.462 e. The zero-order valence-electron chi connectivity index (χ0n) is 10.1. The molecule has 0 radical (unpaired) electrons. The number of nitrogens with one attached hydrogen (secondary N) is 1. The lowest BCUT2D eigenvalue weighted by Gasteiger charge is -2.23. The number of rotatable bonds is 4. The highest BCUT2D eigenvalue weighted by atomic mass is 16.5. The summed E-state index contributed by atoms with van der Waals surface area (Å²) in [6.45, 7) is 8.19. The van der Waals surface area contributed by atoms with Gasteiger partial charge in [0.15, 0.2) is 0 Å². The molecule has 15 heavy (non-hydrogen) atoms. The summed E-state index contributed by atoms with van der Waals surface area (Å²) in [5.74, 6) is 0.906. The van der Waals surface area contributed by atoms with Crippen LogP contribution in [-0.4, -0.2) is 25.2 Å². The molecule has 0 aromatic heterocycles. The summed E-state index contributed by atoms with van der Waals surface area (Å²) >= 11 is 0. The van der Waals surface area contributed by atoms with Crippen LogP contribution in [0, 0.1) is 11.8 Å². The number of piperidine rings is 1. The van der Waals surface area contributed by atoms with Gasteiger partial charge in [0.05, 0.1) is 0 Å². The van der Waals surface area contributed by atoms with Gasteiger partial charge in [-0.05, 0) is 44.7 Å². The Bertz CT molecular complexity index is 198. The average Bonchev–Trinajstić information content (AvgIpc) is 2.18. The first-order valence-electron chi connectivity index (χ1n) is 5.99. The Morgan fingerprint density at radius 1 is 1.33 bits per heavy atom. The maximum atomic E-state index is 11.6. The maximum Gasteiger partial charge on any atom is 0.306 e. The fraction of sp³-hybridized carbons (Fsp3) is 0.917. The molecule has 0 bridgehead atoms. The molecule has 0 saturated carbocycles. The van der Waals surface area contributed by atoms with Gasteiger partial charge in [0.1, 0.15) is 6.10 Å². The molecule has 1 saturated heterocycles. The van der Waals surface area contributed by atoms with Gasteiger partial charge < -0.3 is 10.1 Å². The van der Waals surface area contributed by atoms with Crippen LogP contribution in [0.15, 0.2) is 0 Å². The third kappa shape index (κ3) is 4.65. The third-order valence-corrected chi connectivity index (χ3v) is 3.17. The van der Waals surface area contributed by atoms with E-state index in [1.807, 2.05) is 6.92 Å². The molecule has 0 aromatic rings. The van der Waals surface area contributed by atoms with Gasteiger partial charge in [-0.1, -0.05) is 13.8 Å². The van der Waals surface area contributed by atoms with Gasteiger partial charge in [-0.25, -0.2) is 0 Å². The molecule has 1 aliphatic heterocycles. The molecule has 1 fully saturated rings. The zero-order valence-corrected chi connectivity index (χ0v) is 10.1. The predicted molar refractivity (Wildman–Crippen MR) is 60.6 cm³/mol. The fourth-order valence-corrected chi connectivity index (χ4v) is 1.71. The van der Waals surface area contributed by atoms with E-state index in [1.165, 1.54) is 0 Å². The van der Waals surface area contributed by atoms with Crippen LogP contribution in [0.4, 0.5) is 0 Å². The zero-order chi connectivity index (χ0) is 11.3. The number of carbonyl (C=O) groups excluding carboxylic acids is 1. The summed E-state index contributed by atoms with van der Waals surface area (Å²) in [4.78, 5) is 11.6. The van der Waals surface area contributed by atoms with Crippen molar-refractivity contribution in [1.29, 1.82) is 0 Å². The van der Waals surface area contributed by atoms with E-state index < -0.39 is 0 Å².